The molecule has 0 unspecified atom stereocenters. The van der Waals surface area contributed by atoms with Crippen molar-refractivity contribution < 1.29 is 14.1 Å². The average Bonchev–Trinajstić information content (AvgIpc) is 2.77. The zero-order valence-electron chi connectivity index (χ0n) is 11.6. The summed E-state index contributed by atoms with van der Waals surface area (Å²) in [6.45, 7) is 7.57. The van der Waals surface area contributed by atoms with Crippen molar-refractivity contribution in [2.45, 2.75) is 39.7 Å². The first kappa shape index (κ1) is 14.7. The molecule has 1 rings (SSSR count). The molecule has 1 aromatic heterocycles. The number of hydrogen-bond acceptors (Lipinski definition) is 4. The van der Waals surface area contributed by atoms with E-state index in [1.807, 2.05) is 13.0 Å². The summed E-state index contributed by atoms with van der Waals surface area (Å²) in [5, 5.41) is 3.97. The van der Waals surface area contributed by atoms with Crippen LogP contribution in [0.5, 0.6) is 0 Å². The first-order valence-electron chi connectivity index (χ1n) is 6.31. The van der Waals surface area contributed by atoms with E-state index in [1.54, 1.807) is 11.9 Å². The molecule has 0 saturated heterocycles. The Balaban J connectivity index is 2.42. The van der Waals surface area contributed by atoms with Gasteiger partial charge in [0.2, 0.25) is 5.91 Å². The Morgan fingerprint density at radius 2 is 2.28 bits per heavy atom. The van der Waals surface area contributed by atoms with Crippen LogP contribution in [0.25, 0.3) is 0 Å². The molecule has 5 heteroatoms. The van der Waals surface area contributed by atoms with Crippen LogP contribution >= 0.6 is 0 Å². The Hall–Kier alpha value is -1.36. The van der Waals surface area contributed by atoms with Crippen LogP contribution in [0, 0.1) is 0 Å². The number of nitrogens with zero attached hydrogens (tertiary/aromatic N) is 2. The Morgan fingerprint density at radius 3 is 2.83 bits per heavy atom. The molecule has 0 atom stereocenters. The van der Waals surface area contributed by atoms with E-state index in [1.165, 1.54) is 0 Å². The highest BCUT2D eigenvalue weighted by Crippen LogP contribution is 2.15. The Morgan fingerprint density at radius 1 is 1.56 bits per heavy atom. The lowest BCUT2D eigenvalue weighted by Gasteiger charge is -2.14. The van der Waals surface area contributed by atoms with Crippen LogP contribution in [0.1, 0.15) is 44.6 Å². The van der Waals surface area contributed by atoms with Crippen molar-refractivity contribution in [3.63, 3.8) is 0 Å². The Labute approximate surface area is 108 Å². The first-order valence-corrected chi connectivity index (χ1v) is 6.31. The number of aromatic nitrogens is 1. The maximum Gasteiger partial charge on any atom is 0.225 e. The third-order valence-electron chi connectivity index (χ3n) is 2.65. The van der Waals surface area contributed by atoms with Crippen molar-refractivity contribution in [2.24, 2.45) is 0 Å². The topological polar surface area (TPSA) is 55.6 Å². The predicted molar refractivity (Wildman–Crippen MR) is 68.2 cm³/mol. The molecule has 1 amide bonds. The molecule has 0 aliphatic carbocycles. The van der Waals surface area contributed by atoms with Crippen LogP contribution in [0.15, 0.2) is 10.6 Å². The molecule has 1 aromatic rings. The minimum atomic E-state index is 0.0472. The normalized spacial score (nSPS) is 10.9. The van der Waals surface area contributed by atoms with Gasteiger partial charge in [-0.3, -0.25) is 4.79 Å². The summed E-state index contributed by atoms with van der Waals surface area (Å²) in [5.41, 5.74) is 0.917. The molecule has 0 aromatic carbocycles. The summed E-state index contributed by atoms with van der Waals surface area (Å²) < 4.78 is 10.4. The zero-order valence-corrected chi connectivity index (χ0v) is 11.6. The van der Waals surface area contributed by atoms with Crippen LogP contribution in [-0.2, 0) is 16.1 Å². The summed E-state index contributed by atoms with van der Waals surface area (Å²) in [4.78, 5) is 13.4. The van der Waals surface area contributed by atoms with Gasteiger partial charge in [0.25, 0.3) is 0 Å². The number of amides is 1. The monoisotopic (exact) mass is 254 g/mol. The van der Waals surface area contributed by atoms with E-state index in [4.69, 9.17) is 9.26 Å². The molecule has 0 aliphatic rings. The van der Waals surface area contributed by atoms with Gasteiger partial charge in [-0.1, -0.05) is 19.0 Å². The van der Waals surface area contributed by atoms with Crippen LogP contribution < -0.4 is 0 Å². The smallest absolute Gasteiger partial charge is 0.225 e. The zero-order chi connectivity index (χ0) is 13.5. The fraction of sp³-hybridized carbons (Fsp3) is 0.692. The molecule has 0 aliphatic heterocycles. The molecule has 0 saturated carbocycles. The van der Waals surface area contributed by atoms with Gasteiger partial charge in [-0.05, 0) is 12.8 Å². The van der Waals surface area contributed by atoms with Gasteiger partial charge in [-0.25, -0.2) is 0 Å². The standard InChI is InChI=1S/C13H22N2O3/c1-5-17-7-6-13(16)15(4)9-11-8-12(10(2)3)14-18-11/h8,10H,5-7,9H2,1-4H3. The van der Waals surface area contributed by atoms with Crippen LogP contribution in [0.2, 0.25) is 0 Å². The van der Waals surface area contributed by atoms with E-state index in [-0.39, 0.29) is 5.91 Å². The van der Waals surface area contributed by atoms with Crippen molar-refractivity contribution in [3.8, 4) is 0 Å². The number of rotatable bonds is 7. The lowest BCUT2D eigenvalue weighted by Crippen LogP contribution is -2.26. The third-order valence-corrected chi connectivity index (χ3v) is 2.65. The summed E-state index contributed by atoms with van der Waals surface area (Å²) in [6, 6.07) is 1.90. The molecule has 0 spiro atoms. The molecule has 5 nitrogen and oxygen atoms in total. The molecule has 0 fully saturated rings. The number of carbonyl (C=O) groups is 1. The second-order valence-corrected chi connectivity index (χ2v) is 4.57. The van der Waals surface area contributed by atoms with Gasteiger partial charge in [0.15, 0.2) is 5.76 Å². The van der Waals surface area contributed by atoms with Gasteiger partial charge in [0.05, 0.1) is 25.3 Å². The highest BCUT2D eigenvalue weighted by atomic mass is 16.5. The van der Waals surface area contributed by atoms with Crippen LogP contribution in [-0.4, -0.2) is 36.2 Å². The number of ether oxygens (including phenoxy) is 1. The lowest BCUT2D eigenvalue weighted by molar-refractivity contribution is -0.131. The average molecular weight is 254 g/mol. The SMILES string of the molecule is CCOCCC(=O)N(C)Cc1cc(C(C)C)no1. The summed E-state index contributed by atoms with van der Waals surface area (Å²) in [7, 11) is 1.76. The highest BCUT2D eigenvalue weighted by molar-refractivity contribution is 5.75. The third kappa shape index (κ3) is 4.49. The van der Waals surface area contributed by atoms with Crippen LogP contribution in [0.3, 0.4) is 0 Å². The van der Waals surface area contributed by atoms with Crippen molar-refractivity contribution in [2.75, 3.05) is 20.3 Å². The second-order valence-electron chi connectivity index (χ2n) is 4.57. The Kier molecular flexibility index (Phi) is 5.85. The van der Waals surface area contributed by atoms with E-state index < -0.39 is 0 Å². The molecule has 102 valence electrons. The summed E-state index contributed by atoms with van der Waals surface area (Å²) in [5.74, 6) is 1.10. The molecule has 18 heavy (non-hydrogen) atoms. The fourth-order valence-electron chi connectivity index (χ4n) is 1.49. The molecular formula is C13H22N2O3. The number of hydrogen-bond donors (Lipinski definition) is 0. The van der Waals surface area contributed by atoms with E-state index >= 15 is 0 Å². The van der Waals surface area contributed by atoms with Gasteiger partial charge < -0.3 is 14.2 Å². The predicted octanol–water partition coefficient (Wildman–Crippen LogP) is 2.18. The van der Waals surface area contributed by atoms with Crippen LogP contribution in [0.4, 0.5) is 0 Å². The minimum Gasteiger partial charge on any atom is -0.381 e. The van der Waals surface area contributed by atoms with Gasteiger partial charge in [0.1, 0.15) is 0 Å². The van der Waals surface area contributed by atoms with Gasteiger partial charge in [-0.2, -0.15) is 0 Å². The van der Waals surface area contributed by atoms with Crippen molar-refractivity contribution in [3.05, 3.63) is 17.5 Å². The van der Waals surface area contributed by atoms with E-state index in [0.717, 1.165) is 5.69 Å². The summed E-state index contributed by atoms with van der Waals surface area (Å²) >= 11 is 0. The molecular weight excluding hydrogens is 232 g/mol. The Bertz CT molecular complexity index is 374. The van der Waals surface area contributed by atoms with E-state index in [9.17, 15) is 4.79 Å². The molecule has 0 bridgehead atoms. The van der Waals surface area contributed by atoms with E-state index in [0.29, 0.717) is 37.9 Å². The maximum atomic E-state index is 11.7. The number of carbonyl (C=O) groups excluding carboxylic acids is 1. The molecule has 0 N–H and O–H groups in total. The first-order chi connectivity index (χ1) is 8.54. The lowest BCUT2D eigenvalue weighted by atomic mass is 10.1. The summed E-state index contributed by atoms with van der Waals surface area (Å²) in [6.07, 6.45) is 0.398. The highest BCUT2D eigenvalue weighted by Gasteiger charge is 2.13. The minimum absolute atomic E-state index is 0.0472. The quantitative estimate of drug-likeness (QED) is 0.700. The van der Waals surface area contributed by atoms with Crippen molar-refractivity contribution in [1.29, 1.82) is 0 Å². The molecule has 0 radical (unpaired) electrons. The second kappa shape index (κ2) is 7.16. The maximum absolute atomic E-state index is 11.7. The largest absolute Gasteiger partial charge is 0.381 e. The fourth-order valence-corrected chi connectivity index (χ4v) is 1.49. The van der Waals surface area contributed by atoms with Gasteiger partial charge in [-0.15, -0.1) is 0 Å². The van der Waals surface area contributed by atoms with Crippen molar-refractivity contribution >= 4 is 5.91 Å². The van der Waals surface area contributed by atoms with E-state index in [2.05, 4.69) is 19.0 Å². The van der Waals surface area contributed by atoms with Gasteiger partial charge >= 0.3 is 0 Å². The van der Waals surface area contributed by atoms with Crippen molar-refractivity contribution in [1.82, 2.24) is 10.1 Å². The molecule has 1 heterocycles. The van der Waals surface area contributed by atoms with Gasteiger partial charge in [0, 0.05) is 19.7 Å².